The first-order valence-corrected chi connectivity index (χ1v) is 6.20. The summed E-state index contributed by atoms with van der Waals surface area (Å²) < 4.78 is 0.657. The average molecular weight is 307 g/mol. The molecule has 0 aromatic carbocycles. The van der Waals surface area contributed by atoms with Gasteiger partial charge < -0.3 is 15.7 Å². The Morgan fingerprint density at radius 1 is 1.35 bits per heavy atom. The summed E-state index contributed by atoms with van der Waals surface area (Å²) in [6, 6.07) is -0.388. The van der Waals surface area contributed by atoms with Gasteiger partial charge in [0, 0.05) is 11.0 Å². The quantitative estimate of drug-likeness (QED) is 0.672. The van der Waals surface area contributed by atoms with Crippen molar-refractivity contribution in [3.8, 4) is 0 Å². The Labute approximate surface area is 110 Å². The highest BCUT2D eigenvalue weighted by Gasteiger charge is 2.19. The van der Waals surface area contributed by atoms with Crippen molar-refractivity contribution < 1.29 is 14.7 Å². The zero-order valence-corrected chi connectivity index (χ0v) is 11.7. The van der Waals surface area contributed by atoms with Gasteiger partial charge >= 0.3 is 12.0 Å². The van der Waals surface area contributed by atoms with Gasteiger partial charge in [0.1, 0.15) is 0 Å². The summed E-state index contributed by atoms with van der Waals surface area (Å²) in [5, 5.41) is 14.0. The van der Waals surface area contributed by atoms with Crippen molar-refractivity contribution in [2.45, 2.75) is 20.3 Å². The highest BCUT2D eigenvalue weighted by molar-refractivity contribution is 9.11. The van der Waals surface area contributed by atoms with Crippen LogP contribution in [-0.4, -0.2) is 30.2 Å². The molecule has 0 saturated carbocycles. The maximum Gasteiger partial charge on any atom is 0.315 e. The van der Waals surface area contributed by atoms with Gasteiger partial charge in [0.2, 0.25) is 0 Å². The standard InChI is InChI=1S/C11H19BrN2O3/c1-7(2)4-9(10(15)16)6-14-11(17)13-5-8(3)12/h7,9H,3-6H2,1-2H3,(H,15,16)(H2,13,14,17). The normalized spacial score (nSPS) is 12.0. The Morgan fingerprint density at radius 3 is 2.35 bits per heavy atom. The van der Waals surface area contributed by atoms with Crippen LogP contribution in [-0.2, 0) is 4.79 Å². The molecular weight excluding hydrogens is 288 g/mol. The lowest BCUT2D eigenvalue weighted by Gasteiger charge is -2.15. The third-order valence-electron chi connectivity index (χ3n) is 2.05. The van der Waals surface area contributed by atoms with Gasteiger partial charge in [-0.05, 0) is 12.3 Å². The van der Waals surface area contributed by atoms with E-state index in [0.717, 1.165) is 0 Å². The summed E-state index contributed by atoms with van der Waals surface area (Å²) in [6.45, 7) is 7.91. The fourth-order valence-corrected chi connectivity index (χ4v) is 1.44. The van der Waals surface area contributed by atoms with Crippen molar-refractivity contribution in [2.24, 2.45) is 11.8 Å². The fourth-order valence-electron chi connectivity index (χ4n) is 1.30. The number of rotatable bonds is 7. The number of hydrogen-bond donors (Lipinski definition) is 3. The number of carboxylic acid groups (broad SMARTS) is 1. The van der Waals surface area contributed by atoms with E-state index in [1.165, 1.54) is 0 Å². The molecule has 0 bridgehead atoms. The summed E-state index contributed by atoms with van der Waals surface area (Å²) in [5.41, 5.74) is 0. The molecule has 17 heavy (non-hydrogen) atoms. The lowest BCUT2D eigenvalue weighted by molar-refractivity contribution is -0.142. The van der Waals surface area contributed by atoms with Gasteiger partial charge in [-0.15, -0.1) is 0 Å². The summed E-state index contributed by atoms with van der Waals surface area (Å²) in [4.78, 5) is 22.2. The number of aliphatic carboxylic acids is 1. The molecule has 0 aromatic rings. The number of carbonyl (C=O) groups is 2. The van der Waals surface area contributed by atoms with Crippen LogP contribution in [0.3, 0.4) is 0 Å². The first-order valence-electron chi connectivity index (χ1n) is 5.40. The average Bonchev–Trinajstić information content (AvgIpc) is 2.20. The molecule has 0 heterocycles. The van der Waals surface area contributed by atoms with E-state index in [1.807, 2.05) is 13.8 Å². The first kappa shape index (κ1) is 16.0. The minimum Gasteiger partial charge on any atom is -0.481 e. The van der Waals surface area contributed by atoms with Crippen molar-refractivity contribution in [3.05, 3.63) is 11.1 Å². The van der Waals surface area contributed by atoms with E-state index >= 15 is 0 Å². The van der Waals surface area contributed by atoms with E-state index in [2.05, 4.69) is 33.1 Å². The van der Waals surface area contributed by atoms with Crippen LogP contribution in [0.2, 0.25) is 0 Å². The highest BCUT2D eigenvalue weighted by atomic mass is 79.9. The molecule has 0 aliphatic heterocycles. The molecule has 1 atom stereocenters. The van der Waals surface area contributed by atoms with Gasteiger partial charge in [-0.2, -0.15) is 0 Å². The van der Waals surface area contributed by atoms with Gasteiger partial charge in [0.05, 0.1) is 12.5 Å². The zero-order valence-electron chi connectivity index (χ0n) is 10.1. The number of hydrogen-bond acceptors (Lipinski definition) is 2. The Hall–Kier alpha value is -1.04. The molecule has 0 fully saturated rings. The maximum atomic E-state index is 11.3. The van der Waals surface area contributed by atoms with Gasteiger partial charge in [-0.3, -0.25) is 4.79 Å². The van der Waals surface area contributed by atoms with E-state index in [1.54, 1.807) is 0 Å². The van der Waals surface area contributed by atoms with Gasteiger partial charge in [0.25, 0.3) is 0 Å². The molecule has 0 radical (unpaired) electrons. The predicted molar refractivity (Wildman–Crippen MR) is 70.0 cm³/mol. The van der Waals surface area contributed by atoms with Crippen molar-refractivity contribution in [1.82, 2.24) is 10.6 Å². The number of urea groups is 1. The Kier molecular flexibility index (Phi) is 7.61. The zero-order chi connectivity index (χ0) is 13.4. The second kappa shape index (κ2) is 8.11. The third-order valence-corrected chi connectivity index (χ3v) is 2.34. The van der Waals surface area contributed by atoms with Gasteiger partial charge in [0.15, 0.2) is 0 Å². The van der Waals surface area contributed by atoms with Crippen molar-refractivity contribution >= 4 is 27.9 Å². The second-order valence-corrected chi connectivity index (χ2v) is 5.37. The Balaban J connectivity index is 3.99. The number of carbonyl (C=O) groups excluding carboxylic acids is 1. The highest BCUT2D eigenvalue weighted by Crippen LogP contribution is 2.10. The van der Waals surface area contributed by atoms with Gasteiger partial charge in [-0.1, -0.05) is 36.4 Å². The van der Waals surface area contributed by atoms with Crippen molar-refractivity contribution in [3.63, 3.8) is 0 Å². The van der Waals surface area contributed by atoms with Crippen LogP contribution in [0.5, 0.6) is 0 Å². The van der Waals surface area contributed by atoms with Crippen LogP contribution in [0.4, 0.5) is 4.79 Å². The molecule has 0 aliphatic carbocycles. The molecule has 0 saturated heterocycles. The smallest absolute Gasteiger partial charge is 0.315 e. The monoisotopic (exact) mass is 306 g/mol. The number of amides is 2. The molecule has 0 spiro atoms. The van der Waals surface area contributed by atoms with Crippen LogP contribution in [0.25, 0.3) is 0 Å². The lowest BCUT2D eigenvalue weighted by Crippen LogP contribution is -2.40. The Morgan fingerprint density at radius 2 is 1.94 bits per heavy atom. The molecule has 0 rings (SSSR count). The molecule has 2 amide bonds. The minimum atomic E-state index is -0.885. The van der Waals surface area contributed by atoms with Crippen LogP contribution in [0.15, 0.2) is 11.1 Å². The summed E-state index contributed by atoms with van der Waals surface area (Å²) in [5.74, 6) is -1.15. The predicted octanol–water partition coefficient (Wildman–Crippen LogP) is 1.94. The van der Waals surface area contributed by atoms with Crippen LogP contribution < -0.4 is 10.6 Å². The molecule has 6 heteroatoms. The van der Waals surface area contributed by atoms with E-state index in [9.17, 15) is 9.59 Å². The molecule has 1 unspecified atom stereocenters. The first-order chi connectivity index (χ1) is 7.82. The summed E-state index contributed by atoms with van der Waals surface area (Å²) in [6.07, 6.45) is 0.542. The van der Waals surface area contributed by atoms with Crippen molar-refractivity contribution in [2.75, 3.05) is 13.1 Å². The molecule has 3 N–H and O–H groups in total. The molecular formula is C11H19BrN2O3. The third kappa shape index (κ3) is 8.74. The summed E-state index contributed by atoms with van der Waals surface area (Å²) in [7, 11) is 0. The second-order valence-electron chi connectivity index (χ2n) is 4.25. The minimum absolute atomic E-state index is 0.133. The largest absolute Gasteiger partial charge is 0.481 e. The van der Waals surface area contributed by atoms with Crippen LogP contribution in [0, 0.1) is 11.8 Å². The topological polar surface area (TPSA) is 78.4 Å². The summed E-state index contributed by atoms with van der Waals surface area (Å²) >= 11 is 3.11. The maximum absolute atomic E-state index is 11.3. The lowest BCUT2D eigenvalue weighted by atomic mass is 9.97. The Bertz CT molecular complexity index is 292. The fraction of sp³-hybridized carbons (Fsp3) is 0.636. The van der Waals surface area contributed by atoms with Crippen LogP contribution in [0.1, 0.15) is 20.3 Å². The van der Waals surface area contributed by atoms with E-state index < -0.39 is 11.9 Å². The number of carboxylic acids is 1. The van der Waals surface area contributed by atoms with E-state index in [-0.39, 0.29) is 18.5 Å². The van der Waals surface area contributed by atoms with Crippen molar-refractivity contribution in [1.29, 1.82) is 0 Å². The number of nitrogens with one attached hydrogen (secondary N) is 2. The molecule has 98 valence electrons. The molecule has 5 nitrogen and oxygen atoms in total. The molecule has 0 aromatic heterocycles. The van der Waals surface area contributed by atoms with Crippen LogP contribution >= 0.6 is 15.9 Å². The SMILES string of the molecule is C=C(Br)CNC(=O)NCC(CC(C)C)C(=O)O. The van der Waals surface area contributed by atoms with E-state index in [0.29, 0.717) is 17.4 Å². The van der Waals surface area contributed by atoms with Gasteiger partial charge in [-0.25, -0.2) is 4.79 Å². The molecule has 0 aliphatic rings. The number of halogens is 1. The van der Waals surface area contributed by atoms with E-state index in [4.69, 9.17) is 5.11 Å².